The number of alkyl halides is 1. The molecule has 2 bridgehead atoms. The number of carbonyl (C=O) groups is 1. The first-order chi connectivity index (χ1) is 18.6. The molecule has 6 aliphatic carbocycles. The standard InChI is InChI=1S/C32H35IN3O2/c37-27-21-7-6-20-14-31-17-35(16-18-9-12-34-13-10-18)29(31)30-11-8-23-26(32(30,31)25(20)24(21)27)22(15-30)33-36(23)28(38)19-4-2-1-3-5-19/h1-7,18,21-23,26,29,34,37H,8-17H2/q-1/t21?,22-,23?,26?,29?,30?,31?,32?/m0/s1. The molecule has 3 saturated heterocycles. The summed E-state index contributed by atoms with van der Waals surface area (Å²) in [5, 5.41) is 14.5. The average Bonchev–Trinajstić information content (AvgIpc) is 3.25. The molecule has 9 aliphatic rings. The van der Waals surface area contributed by atoms with E-state index in [1.54, 1.807) is 11.1 Å². The zero-order chi connectivity index (χ0) is 25.0. The molecule has 1 aromatic carbocycles. The number of nitrogens with zero attached hydrogens (tertiary/aromatic N) is 2. The number of benzene rings is 1. The number of fused-ring (bicyclic) bond motifs is 2. The third kappa shape index (κ3) is 2.18. The summed E-state index contributed by atoms with van der Waals surface area (Å²) < 4.78 is 3.11. The number of amides is 1. The van der Waals surface area contributed by atoms with Crippen molar-refractivity contribution in [2.75, 3.05) is 26.2 Å². The molecule has 198 valence electrons. The van der Waals surface area contributed by atoms with Gasteiger partial charge in [0.25, 0.3) is 0 Å². The van der Waals surface area contributed by atoms with E-state index in [-0.39, 0.29) is 38.7 Å². The van der Waals surface area contributed by atoms with Crippen molar-refractivity contribution in [3.05, 3.63) is 70.5 Å². The van der Waals surface area contributed by atoms with E-state index in [0.717, 1.165) is 17.5 Å². The van der Waals surface area contributed by atoms with Crippen LogP contribution in [0.5, 0.6) is 0 Å². The second-order valence-electron chi connectivity index (χ2n) is 13.8. The molecule has 3 saturated carbocycles. The van der Waals surface area contributed by atoms with Crippen LogP contribution in [0.1, 0.15) is 48.9 Å². The Morgan fingerprint density at radius 1 is 1.13 bits per heavy atom. The van der Waals surface area contributed by atoms with Gasteiger partial charge in [0, 0.05) is 0 Å². The monoisotopic (exact) mass is 620 g/mol. The first-order valence-electron chi connectivity index (χ1n) is 14.9. The number of hydrogen-bond acceptors (Lipinski definition) is 4. The van der Waals surface area contributed by atoms with Gasteiger partial charge in [-0.05, 0) is 0 Å². The van der Waals surface area contributed by atoms with Crippen molar-refractivity contribution in [3.63, 3.8) is 0 Å². The maximum atomic E-state index is 13.9. The third-order valence-corrected chi connectivity index (χ3v) is 16.4. The van der Waals surface area contributed by atoms with Gasteiger partial charge in [0.1, 0.15) is 0 Å². The van der Waals surface area contributed by atoms with Crippen LogP contribution in [0, 0.1) is 34.0 Å². The molecule has 2 spiro atoms. The molecule has 7 unspecified atom stereocenters. The van der Waals surface area contributed by atoms with Crippen molar-refractivity contribution in [3.8, 4) is 0 Å². The second-order valence-corrected chi connectivity index (χ2v) is 17.0. The Hall–Kier alpha value is -1.64. The second kappa shape index (κ2) is 6.98. The summed E-state index contributed by atoms with van der Waals surface area (Å²) in [5.41, 5.74) is 6.26. The van der Waals surface area contributed by atoms with Gasteiger partial charge >= 0.3 is 236 Å². The van der Waals surface area contributed by atoms with Gasteiger partial charge in [-0.3, -0.25) is 0 Å². The molecule has 8 atom stereocenters. The number of aliphatic hydroxyl groups is 1. The fourth-order valence-electron chi connectivity index (χ4n) is 12.0. The van der Waals surface area contributed by atoms with E-state index in [4.69, 9.17) is 0 Å². The Morgan fingerprint density at radius 2 is 1.97 bits per heavy atom. The summed E-state index contributed by atoms with van der Waals surface area (Å²) in [6.45, 7) is 4.89. The van der Waals surface area contributed by atoms with Crippen LogP contribution in [0.3, 0.4) is 0 Å². The molecule has 1 aromatic rings. The Bertz CT molecular complexity index is 1400. The van der Waals surface area contributed by atoms with Crippen molar-refractivity contribution >= 4 is 5.91 Å². The zero-order valence-corrected chi connectivity index (χ0v) is 23.9. The van der Waals surface area contributed by atoms with Crippen molar-refractivity contribution < 1.29 is 31.4 Å². The van der Waals surface area contributed by atoms with E-state index >= 15 is 0 Å². The predicted molar refractivity (Wildman–Crippen MR) is 140 cm³/mol. The van der Waals surface area contributed by atoms with Crippen molar-refractivity contribution in [1.29, 1.82) is 0 Å². The molecule has 6 fully saturated rings. The number of allylic oxidation sites excluding steroid dienone is 5. The fraction of sp³-hybridized carbons (Fsp3) is 0.594. The van der Waals surface area contributed by atoms with Crippen LogP contribution in [0.2, 0.25) is 0 Å². The Balaban J connectivity index is 1.08. The van der Waals surface area contributed by atoms with E-state index < -0.39 is 0 Å². The van der Waals surface area contributed by atoms with Crippen LogP contribution in [-0.2, 0) is 0 Å². The molecular weight excluding hydrogens is 585 g/mol. The third-order valence-electron chi connectivity index (χ3n) is 12.7. The van der Waals surface area contributed by atoms with Gasteiger partial charge < -0.3 is 0 Å². The number of carbonyl (C=O) groups excluding carboxylic acids is 1. The summed E-state index contributed by atoms with van der Waals surface area (Å²) in [5.74, 6) is 2.58. The normalized spacial score (nSPS) is 47.4. The van der Waals surface area contributed by atoms with Gasteiger partial charge in [-0.1, -0.05) is 0 Å². The van der Waals surface area contributed by atoms with E-state index in [2.05, 4.69) is 25.5 Å². The van der Waals surface area contributed by atoms with E-state index in [1.807, 2.05) is 30.3 Å². The zero-order valence-electron chi connectivity index (χ0n) is 21.7. The van der Waals surface area contributed by atoms with Crippen molar-refractivity contribution in [1.82, 2.24) is 13.3 Å². The summed E-state index contributed by atoms with van der Waals surface area (Å²) in [7, 11) is 0. The number of aliphatic hydroxyl groups excluding tert-OH is 1. The molecule has 5 nitrogen and oxygen atoms in total. The van der Waals surface area contributed by atoms with Crippen LogP contribution in [0.4, 0.5) is 0 Å². The first kappa shape index (κ1) is 22.1. The molecule has 0 aromatic heterocycles. The number of hydrogen-bond donors (Lipinski definition) is 2. The van der Waals surface area contributed by atoms with Crippen molar-refractivity contribution in [2.45, 2.75) is 54.5 Å². The Labute approximate surface area is 235 Å². The molecule has 2 N–H and O–H groups in total. The number of piperidine rings is 2. The Morgan fingerprint density at radius 3 is 2.82 bits per heavy atom. The SMILES string of the molecule is O=C(c1ccccc1)N1[I-][C@H]2CC34CCC1C2C31C2=C(C=CC3C(O)=C23)CC12CN(CC1CCNCC1)C42. The van der Waals surface area contributed by atoms with Crippen molar-refractivity contribution in [2.24, 2.45) is 34.0 Å². The molecule has 3 aliphatic heterocycles. The summed E-state index contributed by atoms with van der Waals surface area (Å²) in [6, 6.07) is 11.2. The van der Waals surface area contributed by atoms with Crippen LogP contribution in [-0.4, -0.2) is 61.2 Å². The van der Waals surface area contributed by atoms with Gasteiger partial charge in [-0.15, -0.1) is 0 Å². The molecule has 6 heteroatoms. The summed E-state index contributed by atoms with van der Waals surface area (Å²) >= 11 is -0.346. The van der Waals surface area contributed by atoms with Crippen LogP contribution < -0.4 is 26.8 Å². The van der Waals surface area contributed by atoms with Gasteiger partial charge in [0.2, 0.25) is 0 Å². The minimum absolute atomic E-state index is 0.191. The first-order valence-corrected chi connectivity index (χ1v) is 17.1. The number of nitrogens with one attached hydrogen (secondary N) is 1. The Kier molecular flexibility index (Phi) is 4.06. The molecule has 38 heavy (non-hydrogen) atoms. The van der Waals surface area contributed by atoms with Crippen LogP contribution >= 0.6 is 0 Å². The number of rotatable bonds is 3. The summed E-state index contributed by atoms with van der Waals surface area (Å²) in [4.78, 5) is 16.8. The van der Waals surface area contributed by atoms with E-state index in [9.17, 15) is 9.90 Å². The minimum atomic E-state index is -0.346. The maximum absolute atomic E-state index is 13.9. The predicted octanol–water partition coefficient (Wildman–Crippen LogP) is 1.07. The molecule has 1 amide bonds. The van der Waals surface area contributed by atoms with Crippen LogP contribution in [0.15, 0.2) is 65.0 Å². The molecule has 3 heterocycles. The molecule has 10 rings (SSSR count). The van der Waals surface area contributed by atoms with E-state index in [1.165, 1.54) is 70.3 Å². The van der Waals surface area contributed by atoms with Gasteiger partial charge in [-0.2, -0.15) is 0 Å². The average molecular weight is 621 g/mol. The summed E-state index contributed by atoms with van der Waals surface area (Å²) in [6.07, 6.45) is 12.3. The topological polar surface area (TPSA) is 55.8 Å². The van der Waals surface area contributed by atoms with Gasteiger partial charge in [0.15, 0.2) is 0 Å². The number of halogens is 1. The van der Waals surface area contributed by atoms with Crippen LogP contribution in [0.25, 0.3) is 0 Å². The van der Waals surface area contributed by atoms with E-state index in [0.29, 0.717) is 32.5 Å². The fourth-order valence-corrected chi connectivity index (χ4v) is 16.6. The quantitative estimate of drug-likeness (QED) is 0.302. The molecule has 0 radical (unpaired) electrons. The van der Waals surface area contributed by atoms with Gasteiger partial charge in [0.05, 0.1) is 0 Å². The van der Waals surface area contributed by atoms with Gasteiger partial charge in [-0.25, -0.2) is 0 Å². The molecular formula is C32H35IN3O2-. The number of likely N-dealkylation sites (tertiary alicyclic amines) is 1.